The fourth-order valence-corrected chi connectivity index (χ4v) is 2.34. The second-order valence-electron chi connectivity index (χ2n) is 4.42. The number of allylic oxidation sites excluding steroid dienone is 1. The maximum absolute atomic E-state index is 10.9. The molecule has 1 heterocycles. The van der Waals surface area contributed by atoms with Gasteiger partial charge in [0.25, 0.3) is 5.70 Å². The van der Waals surface area contributed by atoms with Gasteiger partial charge in [-0.2, -0.15) is 0 Å². The predicted octanol–water partition coefficient (Wildman–Crippen LogP) is 1.59. The highest BCUT2D eigenvalue weighted by Crippen LogP contribution is 2.24. The average Bonchev–Trinajstić information content (AvgIpc) is 2.39. The normalized spacial score (nSPS) is 26.3. The lowest BCUT2D eigenvalue weighted by Gasteiger charge is -2.34. The Morgan fingerprint density at radius 1 is 1.53 bits per heavy atom. The number of nitrogens with zero attached hydrogens (tertiary/aromatic N) is 2. The lowest BCUT2D eigenvalue weighted by molar-refractivity contribution is -0.419. The van der Waals surface area contributed by atoms with Crippen LogP contribution in [-0.2, 0) is 4.74 Å². The molecule has 0 aromatic heterocycles. The summed E-state index contributed by atoms with van der Waals surface area (Å²) in [6, 6.07) is 0.166. The van der Waals surface area contributed by atoms with E-state index in [0.717, 1.165) is 44.7 Å². The second-order valence-corrected chi connectivity index (χ2v) is 4.42. The molecule has 1 atom stereocenters. The number of hydrogen-bond donors (Lipinski definition) is 0. The van der Waals surface area contributed by atoms with Crippen LogP contribution in [0.2, 0.25) is 0 Å². The third-order valence-corrected chi connectivity index (χ3v) is 3.37. The van der Waals surface area contributed by atoms with E-state index in [1.807, 2.05) is 6.92 Å². The third-order valence-electron chi connectivity index (χ3n) is 3.37. The fraction of sp³-hybridized carbons (Fsp3) is 0.667. The van der Waals surface area contributed by atoms with Crippen molar-refractivity contribution in [3.63, 3.8) is 0 Å². The van der Waals surface area contributed by atoms with Gasteiger partial charge >= 0.3 is 0 Å². The molecule has 2 rings (SSSR count). The highest BCUT2D eigenvalue weighted by Gasteiger charge is 2.26. The zero-order valence-corrected chi connectivity index (χ0v) is 10.1. The van der Waals surface area contributed by atoms with Crippen LogP contribution in [0.15, 0.2) is 23.4 Å². The Hall–Kier alpha value is -1.20. The molecule has 5 heteroatoms. The number of hydrogen-bond acceptors (Lipinski definition) is 4. The lowest BCUT2D eigenvalue weighted by Crippen LogP contribution is -2.43. The van der Waals surface area contributed by atoms with Gasteiger partial charge in [-0.15, -0.1) is 0 Å². The van der Waals surface area contributed by atoms with E-state index in [1.54, 1.807) is 12.2 Å². The molecule has 17 heavy (non-hydrogen) atoms. The number of rotatable bonds is 3. The van der Waals surface area contributed by atoms with Gasteiger partial charge in [0.2, 0.25) is 0 Å². The molecule has 0 N–H and O–H groups in total. The van der Waals surface area contributed by atoms with Crippen LogP contribution in [0.5, 0.6) is 0 Å². The Bertz CT molecular complexity index is 357. The smallest absolute Gasteiger partial charge is 0.267 e. The molecule has 94 valence electrons. The van der Waals surface area contributed by atoms with Crippen LogP contribution in [0.1, 0.15) is 19.8 Å². The zero-order valence-electron chi connectivity index (χ0n) is 10.1. The van der Waals surface area contributed by atoms with Gasteiger partial charge in [0.1, 0.15) is 0 Å². The van der Waals surface area contributed by atoms with E-state index in [0.29, 0.717) is 0 Å². The Morgan fingerprint density at radius 3 is 2.82 bits per heavy atom. The van der Waals surface area contributed by atoms with Gasteiger partial charge in [-0.05, 0) is 12.8 Å². The molecule has 1 aliphatic carbocycles. The van der Waals surface area contributed by atoms with Crippen molar-refractivity contribution in [3.8, 4) is 0 Å². The fourth-order valence-electron chi connectivity index (χ4n) is 2.34. The van der Waals surface area contributed by atoms with Crippen LogP contribution in [-0.4, -0.2) is 42.2 Å². The molecule has 1 aliphatic heterocycles. The third kappa shape index (κ3) is 2.92. The van der Waals surface area contributed by atoms with E-state index < -0.39 is 0 Å². The van der Waals surface area contributed by atoms with Crippen molar-refractivity contribution < 1.29 is 9.66 Å². The van der Waals surface area contributed by atoms with E-state index in [-0.39, 0.29) is 16.7 Å². The summed E-state index contributed by atoms with van der Waals surface area (Å²) in [7, 11) is 0. The summed E-state index contributed by atoms with van der Waals surface area (Å²) in [4.78, 5) is 12.9. The number of nitro groups is 1. The van der Waals surface area contributed by atoms with E-state index in [4.69, 9.17) is 4.74 Å². The molecule has 1 unspecified atom stereocenters. The SMILES string of the molecule is CCC1=CC([N+](=O)[O-])=CC(N2CCOCC2)C1. The van der Waals surface area contributed by atoms with Crippen LogP contribution < -0.4 is 0 Å². The number of ether oxygens (including phenoxy) is 1. The summed E-state index contributed by atoms with van der Waals surface area (Å²) in [6.07, 6.45) is 5.29. The molecule has 0 radical (unpaired) electrons. The first-order chi connectivity index (χ1) is 8.20. The molecule has 1 fully saturated rings. The highest BCUT2D eigenvalue weighted by molar-refractivity contribution is 5.26. The van der Waals surface area contributed by atoms with Crippen LogP contribution >= 0.6 is 0 Å². The summed E-state index contributed by atoms with van der Waals surface area (Å²) in [6.45, 7) is 5.23. The van der Waals surface area contributed by atoms with Gasteiger partial charge in [-0.3, -0.25) is 15.0 Å². The van der Waals surface area contributed by atoms with Crippen molar-refractivity contribution >= 4 is 0 Å². The van der Waals surface area contributed by atoms with Crippen LogP contribution in [0, 0.1) is 10.1 Å². The van der Waals surface area contributed by atoms with Crippen molar-refractivity contribution in [2.24, 2.45) is 0 Å². The van der Waals surface area contributed by atoms with Crippen molar-refractivity contribution in [1.82, 2.24) is 4.90 Å². The quantitative estimate of drug-likeness (QED) is 0.553. The van der Waals surface area contributed by atoms with E-state index in [1.165, 1.54) is 0 Å². The summed E-state index contributed by atoms with van der Waals surface area (Å²) in [5.74, 6) is 0. The molecule has 0 spiro atoms. The van der Waals surface area contributed by atoms with Crippen molar-refractivity contribution in [3.05, 3.63) is 33.5 Å². The molecule has 2 aliphatic rings. The molecule has 0 bridgehead atoms. The summed E-state index contributed by atoms with van der Waals surface area (Å²) in [5, 5.41) is 10.9. The van der Waals surface area contributed by atoms with Crippen LogP contribution in [0.4, 0.5) is 0 Å². The zero-order chi connectivity index (χ0) is 12.3. The van der Waals surface area contributed by atoms with Crippen LogP contribution in [0.25, 0.3) is 0 Å². The van der Waals surface area contributed by atoms with Crippen molar-refractivity contribution in [2.45, 2.75) is 25.8 Å². The monoisotopic (exact) mass is 238 g/mol. The molecule has 0 aromatic carbocycles. The van der Waals surface area contributed by atoms with Gasteiger partial charge in [0, 0.05) is 31.3 Å². The van der Waals surface area contributed by atoms with Gasteiger partial charge in [0.05, 0.1) is 18.1 Å². The maximum Gasteiger partial charge on any atom is 0.267 e. The molecule has 5 nitrogen and oxygen atoms in total. The largest absolute Gasteiger partial charge is 0.379 e. The minimum Gasteiger partial charge on any atom is -0.379 e. The van der Waals surface area contributed by atoms with Crippen molar-refractivity contribution in [1.29, 1.82) is 0 Å². The first-order valence-electron chi connectivity index (χ1n) is 6.08. The van der Waals surface area contributed by atoms with E-state index in [9.17, 15) is 10.1 Å². The highest BCUT2D eigenvalue weighted by atomic mass is 16.6. The number of morpholine rings is 1. The van der Waals surface area contributed by atoms with Gasteiger partial charge < -0.3 is 4.74 Å². The van der Waals surface area contributed by atoms with Crippen molar-refractivity contribution in [2.75, 3.05) is 26.3 Å². The molecular formula is C12H18N2O3. The van der Waals surface area contributed by atoms with E-state index >= 15 is 0 Å². The average molecular weight is 238 g/mol. The van der Waals surface area contributed by atoms with Gasteiger partial charge in [-0.1, -0.05) is 12.5 Å². The first-order valence-corrected chi connectivity index (χ1v) is 6.08. The Labute approximate surface area is 101 Å². The summed E-state index contributed by atoms with van der Waals surface area (Å²) in [5.41, 5.74) is 1.40. The summed E-state index contributed by atoms with van der Waals surface area (Å²) >= 11 is 0. The second kappa shape index (κ2) is 5.42. The lowest BCUT2D eigenvalue weighted by atomic mass is 9.95. The predicted molar refractivity (Wildman–Crippen MR) is 64.2 cm³/mol. The maximum atomic E-state index is 10.9. The molecule has 0 amide bonds. The summed E-state index contributed by atoms with van der Waals surface area (Å²) < 4.78 is 5.31. The molecular weight excluding hydrogens is 220 g/mol. The first kappa shape index (κ1) is 12.3. The van der Waals surface area contributed by atoms with Gasteiger partial charge in [-0.25, -0.2) is 0 Å². The minimum absolute atomic E-state index is 0.166. The Morgan fingerprint density at radius 2 is 2.24 bits per heavy atom. The Balaban J connectivity index is 2.13. The minimum atomic E-state index is -0.289. The Kier molecular flexibility index (Phi) is 3.91. The topological polar surface area (TPSA) is 55.6 Å². The molecule has 1 saturated heterocycles. The standard InChI is InChI=1S/C12H18N2O3/c1-2-10-7-11(9-12(8-10)14(15)16)13-3-5-17-6-4-13/h8-9,11H,2-7H2,1H3. The van der Waals surface area contributed by atoms with Gasteiger partial charge in [0.15, 0.2) is 0 Å². The molecule has 0 saturated carbocycles. The molecule has 0 aromatic rings. The van der Waals surface area contributed by atoms with E-state index in [2.05, 4.69) is 4.90 Å². The van der Waals surface area contributed by atoms with Crippen LogP contribution in [0.3, 0.4) is 0 Å².